The number of carbonyl (C=O) groups excluding carboxylic acids is 1. The standard InChI is InChI=1S/C23H21F3N6O/c1-15-5-7-16(8-6-15)12-29-31-22(33)32-10-9-20-19(13-32)21(28-14-27-20)30-18-4-2-3-17(11-18)23(24,25)26/h2-8,11-12,14H,9-10,13H2,1H3,(H,31,33)(H,27,28,30)/b29-12+. The van der Waals surface area contributed by atoms with Gasteiger partial charge in [0.1, 0.15) is 12.1 Å². The second kappa shape index (κ2) is 9.27. The molecular weight excluding hydrogens is 433 g/mol. The Hall–Kier alpha value is -3.95. The summed E-state index contributed by atoms with van der Waals surface area (Å²) in [6.45, 7) is 2.61. The molecule has 0 bridgehead atoms. The van der Waals surface area contributed by atoms with E-state index in [1.807, 2.05) is 31.2 Å². The summed E-state index contributed by atoms with van der Waals surface area (Å²) in [4.78, 5) is 22.6. The molecule has 2 amide bonds. The summed E-state index contributed by atoms with van der Waals surface area (Å²) in [5, 5.41) is 6.94. The maximum Gasteiger partial charge on any atom is 0.416 e. The highest BCUT2D eigenvalue weighted by molar-refractivity contribution is 5.82. The fraction of sp³-hybridized carbons (Fsp3) is 0.217. The Morgan fingerprint density at radius 1 is 1.15 bits per heavy atom. The Morgan fingerprint density at radius 3 is 2.70 bits per heavy atom. The van der Waals surface area contributed by atoms with Gasteiger partial charge in [0.2, 0.25) is 0 Å². The molecule has 1 aliphatic heterocycles. The molecule has 0 spiro atoms. The van der Waals surface area contributed by atoms with Crippen molar-refractivity contribution < 1.29 is 18.0 Å². The molecule has 0 unspecified atom stereocenters. The average Bonchev–Trinajstić information content (AvgIpc) is 2.80. The molecular formula is C23H21F3N6O. The predicted molar refractivity (Wildman–Crippen MR) is 118 cm³/mol. The minimum atomic E-state index is -4.45. The van der Waals surface area contributed by atoms with Crippen molar-refractivity contribution in [2.45, 2.75) is 26.1 Å². The molecule has 0 aliphatic carbocycles. The maximum absolute atomic E-state index is 13.0. The molecule has 33 heavy (non-hydrogen) atoms. The zero-order valence-electron chi connectivity index (χ0n) is 17.7. The minimum Gasteiger partial charge on any atom is -0.340 e. The van der Waals surface area contributed by atoms with Crippen LogP contribution in [0.3, 0.4) is 0 Å². The Kier molecular flexibility index (Phi) is 6.25. The van der Waals surface area contributed by atoms with E-state index in [0.29, 0.717) is 24.3 Å². The van der Waals surface area contributed by atoms with Gasteiger partial charge in [0, 0.05) is 24.2 Å². The van der Waals surface area contributed by atoms with Gasteiger partial charge in [-0.2, -0.15) is 18.3 Å². The molecule has 7 nitrogen and oxygen atoms in total. The van der Waals surface area contributed by atoms with E-state index in [1.165, 1.54) is 18.5 Å². The Morgan fingerprint density at radius 2 is 1.94 bits per heavy atom. The number of aromatic nitrogens is 2. The van der Waals surface area contributed by atoms with E-state index in [-0.39, 0.29) is 12.2 Å². The number of rotatable bonds is 4. The van der Waals surface area contributed by atoms with Crippen molar-refractivity contribution in [3.8, 4) is 0 Å². The summed E-state index contributed by atoms with van der Waals surface area (Å²) in [5.41, 5.74) is 5.37. The third kappa shape index (κ3) is 5.46. The zero-order valence-corrected chi connectivity index (χ0v) is 17.7. The summed E-state index contributed by atoms with van der Waals surface area (Å²) in [7, 11) is 0. The first-order valence-corrected chi connectivity index (χ1v) is 10.2. The molecule has 0 radical (unpaired) electrons. The maximum atomic E-state index is 13.0. The third-order valence-corrected chi connectivity index (χ3v) is 5.19. The van der Waals surface area contributed by atoms with Crippen LogP contribution in [0.15, 0.2) is 60.0 Å². The van der Waals surface area contributed by atoms with Crippen LogP contribution in [0.1, 0.15) is 27.9 Å². The van der Waals surface area contributed by atoms with Crippen molar-refractivity contribution in [3.05, 3.63) is 82.8 Å². The molecule has 10 heteroatoms. The normalized spacial score (nSPS) is 13.6. The number of hydrogen-bond acceptors (Lipinski definition) is 5. The van der Waals surface area contributed by atoms with Crippen molar-refractivity contribution in [3.63, 3.8) is 0 Å². The van der Waals surface area contributed by atoms with Gasteiger partial charge in [-0.3, -0.25) is 0 Å². The van der Waals surface area contributed by atoms with Crippen molar-refractivity contribution >= 4 is 23.8 Å². The lowest BCUT2D eigenvalue weighted by Crippen LogP contribution is -2.41. The zero-order chi connectivity index (χ0) is 23.4. The lowest BCUT2D eigenvalue weighted by molar-refractivity contribution is -0.137. The van der Waals surface area contributed by atoms with Gasteiger partial charge in [-0.25, -0.2) is 20.2 Å². The molecule has 1 aromatic heterocycles. The number of hydrogen-bond donors (Lipinski definition) is 2. The van der Waals surface area contributed by atoms with E-state index in [9.17, 15) is 18.0 Å². The SMILES string of the molecule is Cc1ccc(/C=N/NC(=O)N2CCc3ncnc(Nc4cccc(C(F)(F)F)c4)c3C2)cc1. The van der Waals surface area contributed by atoms with Crippen LogP contribution in [0.4, 0.5) is 29.5 Å². The van der Waals surface area contributed by atoms with E-state index in [1.54, 1.807) is 11.1 Å². The quantitative estimate of drug-likeness (QED) is 0.444. The van der Waals surface area contributed by atoms with Gasteiger partial charge in [0.15, 0.2) is 0 Å². The topological polar surface area (TPSA) is 82.5 Å². The van der Waals surface area contributed by atoms with Crippen LogP contribution in [0, 0.1) is 6.92 Å². The molecule has 3 aromatic rings. The summed E-state index contributed by atoms with van der Waals surface area (Å²) in [5.74, 6) is 0.361. The van der Waals surface area contributed by atoms with Gasteiger partial charge in [0.05, 0.1) is 24.0 Å². The first-order chi connectivity index (χ1) is 15.8. The van der Waals surface area contributed by atoms with E-state index < -0.39 is 17.8 Å². The number of alkyl halides is 3. The molecule has 170 valence electrons. The highest BCUT2D eigenvalue weighted by Gasteiger charge is 2.30. The van der Waals surface area contributed by atoms with Crippen molar-refractivity contribution in [1.82, 2.24) is 20.3 Å². The van der Waals surface area contributed by atoms with Crippen molar-refractivity contribution in [2.24, 2.45) is 5.10 Å². The Labute approximate surface area is 188 Å². The van der Waals surface area contributed by atoms with Gasteiger partial charge in [-0.15, -0.1) is 0 Å². The summed E-state index contributed by atoms with van der Waals surface area (Å²) in [6.07, 6.45) is -1.05. The van der Waals surface area contributed by atoms with Gasteiger partial charge < -0.3 is 10.2 Å². The number of fused-ring (bicyclic) bond motifs is 1. The molecule has 2 N–H and O–H groups in total. The number of nitrogens with zero attached hydrogens (tertiary/aromatic N) is 4. The number of nitrogens with one attached hydrogen (secondary N) is 2. The van der Waals surface area contributed by atoms with Gasteiger partial charge in [-0.05, 0) is 30.7 Å². The molecule has 0 saturated carbocycles. The average molecular weight is 454 g/mol. The van der Waals surface area contributed by atoms with Crippen molar-refractivity contribution in [2.75, 3.05) is 11.9 Å². The summed E-state index contributed by atoms with van der Waals surface area (Å²) >= 11 is 0. The number of aryl methyl sites for hydroxylation is 1. The van der Waals surface area contributed by atoms with E-state index in [2.05, 4.69) is 25.8 Å². The fourth-order valence-corrected chi connectivity index (χ4v) is 3.42. The monoisotopic (exact) mass is 454 g/mol. The van der Waals surface area contributed by atoms with Crippen molar-refractivity contribution in [1.29, 1.82) is 0 Å². The van der Waals surface area contributed by atoms with Crippen LogP contribution in [-0.4, -0.2) is 33.7 Å². The Balaban J connectivity index is 1.46. The number of anilines is 2. The second-order valence-corrected chi connectivity index (χ2v) is 7.61. The first-order valence-electron chi connectivity index (χ1n) is 10.2. The largest absolute Gasteiger partial charge is 0.416 e. The Bertz CT molecular complexity index is 1180. The van der Waals surface area contributed by atoms with E-state index in [4.69, 9.17) is 0 Å². The molecule has 4 rings (SSSR count). The van der Waals surface area contributed by atoms with Gasteiger partial charge in [0.25, 0.3) is 0 Å². The van der Waals surface area contributed by atoms with Crippen LogP contribution in [0.25, 0.3) is 0 Å². The predicted octanol–water partition coefficient (Wildman–Crippen LogP) is 4.65. The molecule has 2 heterocycles. The van der Waals surface area contributed by atoms with Crippen LogP contribution < -0.4 is 10.7 Å². The summed E-state index contributed by atoms with van der Waals surface area (Å²) < 4.78 is 39.1. The minimum absolute atomic E-state index is 0.198. The fourth-order valence-electron chi connectivity index (χ4n) is 3.42. The lowest BCUT2D eigenvalue weighted by atomic mass is 10.1. The number of carbonyl (C=O) groups is 1. The van der Waals surface area contributed by atoms with Gasteiger partial charge in [-0.1, -0.05) is 35.9 Å². The van der Waals surface area contributed by atoms with Gasteiger partial charge >= 0.3 is 12.2 Å². The van der Waals surface area contributed by atoms with Crippen LogP contribution in [0.2, 0.25) is 0 Å². The number of halogens is 3. The van der Waals surface area contributed by atoms with E-state index in [0.717, 1.165) is 29.0 Å². The summed E-state index contributed by atoms with van der Waals surface area (Å²) in [6, 6.07) is 12.2. The molecule has 1 aliphatic rings. The number of amides is 2. The number of benzene rings is 2. The number of hydrazone groups is 1. The first kappa shape index (κ1) is 22.3. The smallest absolute Gasteiger partial charge is 0.340 e. The van der Waals surface area contributed by atoms with Crippen LogP contribution in [0.5, 0.6) is 0 Å². The highest BCUT2D eigenvalue weighted by Crippen LogP contribution is 2.32. The molecule has 0 saturated heterocycles. The lowest BCUT2D eigenvalue weighted by Gasteiger charge is -2.28. The molecule has 0 atom stereocenters. The van der Waals surface area contributed by atoms with E-state index >= 15 is 0 Å². The van der Waals surface area contributed by atoms with Crippen LogP contribution >= 0.6 is 0 Å². The second-order valence-electron chi connectivity index (χ2n) is 7.61. The third-order valence-electron chi connectivity index (χ3n) is 5.19. The molecule has 2 aromatic carbocycles. The number of urea groups is 1. The highest BCUT2D eigenvalue weighted by atomic mass is 19.4. The van der Waals surface area contributed by atoms with Crippen LogP contribution in [-0.2, 0) is 19.1 Å². The molecule has 0 fully saturated rings.